The van der Waals surface area contributed by atoms with Gasteiger partial charge in [0.25, 0.3) is 10.2 Å². The summed E-state index contributed by atoms with van der Waals surface area (Å²) in [5, 5.41) is 0. The second-order valence-electron chi connectivity index (χ2n) is 4.41. The Morgan fingerprint density at radius 1 is 1.41 bits per heavy atom. The summed E-state index contributed by atoms with van der Waals surface area (Å²) < 4.78 is 31.9. The van der Waals surface area contributed by atoms with Crippen molar-refractivity contribution < 1.29 is 13.2 Å². The normalized spacial score (nSPS) is 14.5. The van der Waals surface area contributed by atoms with E-state index in [9.17, 15) is 8.42 Å². The van der Waals surface area contributed by atoms with Crippen LogP contribution in [0, 0.1) is 5.92 Å². The number of nitrogens with zero attached hydrogens (tertiary/aromatic N) is 1. The molecule has 0 aliphatic rings. The predicted molar refractivity (Wildman–Crippen MR) is 68.9 cm³/mol. The molecule has 1 unspecified atom stereocenters. The van der Waals surface area contributed by atoms with Crippen molar-refractivity contribution in [3.05, 3.63) is 0 Å². The molecule has 7 heteroatoms. The number of nitrogens with two attached hydrogens (primary N) is 1. The first-order chi connectivity index (χ1) is 7.81. The van der Waals surface area contributed by atoms with Gasteiger partial charge in [0.15, 0.2) is 0 Å². The molecule has 0 spiro atoms. The number of hydrogen-bond acceptors (Lipinski definition) is 4. The van der Waals surface area contributed by atoms with Crippen molar-refractivity contribution in [2.24, 2.45) is 11.7 Å². The molecule has 0 bridgehead atoms. The molecule has 0 saturated heterocycles. The van der Waals surface area contributed by atoms with Gasteiger partial charge in [-0.05, 0) is 12.3 Å². The Kier molecular flexibility index (Phi) is 7.89. The minimum atomic E-state index is -3.41. The van der Waals surface area contributed by atoms with E-state index in [2.05, 4.69) is 4.72 Å². The molecule has 0 aromatic rings. The van der Waals surface area contributed by atoms with E-state index in [1.165, 1.54) is 11.4 Å². The van der Waals surface area contributed by atoms with Gasteiger partial charge in [0.2, 0.25) is 0 Å². The molecule has 0 radical (unpaired) electrons. The van der Waals surface area contributed by atoms with Crippen molar-refractivity contribution in [1.82, 2.24) is 9.03 Å². The molecule has 0 heterocycles. The summed E-state index contributed by atoms with van der Waals surface area (Å²) in [6.07, 6.45) is 0.652. The number of nitrogens with one attached hydrogen (secondary N) is 1. The first-order valence-electron chi connectivity index (χ1n) is 5.76. The van der Waals surface area contributed by atoms with Crippen LogP contribution in [0.1, 0.15) is 20.3 Å². The van der Waals surface area contributed by atoms with E-state index in [0.29, 0.717) is 25.5 Å². The summed E-state index contributed by atoms with van der Waals surface area (Å²) in [7, 11) is -0.335. The third-order valence-corrected chi connectivity index (χ3v) is 4.21. The van der Waals surface area contributed by atoms with E-state index in [1.807, 2.05) is 13.8 Å². The molecule has 0 aromatic heterocycles. The number of ether oxygens (including phenoxy) is 1. The molecule has 3 N–H and O–H groups in total. The lowest BCUT2D eigenvalue weighted by Crippen LogP contribution is -2.41. The van der Waals surface area contributed by atoms with Gasteiger partial charge < -0.3 is 10.5 Å². The maximum Gasteiger partial charge on any atom is 0.279 e. The summed E-state index contributed by atoms with van der Waals surface area (Å²) >= 11 is 0. The summed E-state index contributed by atoms with van der Waals surface area (Å²) in [5.74, 6) is 0.354. The van der Waals surface area contributed by atoms with Gasteiger partial charge in [0.1, 0.15) is 0 Å². The monoisotopic (exact) mass is 267 g/mol. The van der Waals surface area contributed by atoms with Gasteiger partial charge >= 0.3 is 0 Å². The lowest BCUT2D eigenvalue weighted by molar-refractivity contribution is 0.204. The first-order valence-corrected chi connectivity index (χ1v) is 7.20. The standard InChI is InChI=1S/C10H25N3O3S/c1-9(2)10(11)5-7-13(3)17(14,15)12-6-8-16-4/h9-10,12H,5-8,11H2,1-4H3. The van der Waals surface area contributed by atoms with Crippen molar-refractivity contribution in [3.63, 3.8) is 0 Å². The topological polar surface area (TPSA) is 84.7 Å². The van der Waals surface area contributed by atoms with Crippen LogP contribution in [0.25, 0.3) is 0 Å². The summed E-state index contributed by atoms with van der Waals surface area (Å²) in [6.45, 7) is 5.10. The lowest BCUT2D eigenvalue weighted by Gasteiger charge is -2.21. The summed E-state index contributed by atoms with van der Waals surface area (Å²) in [4.78, 5) is 0. The molecular formula is C10H25N3O3S. The van der Waals surface area contributed by atoms with Crippen LogP contribution in [-0.4, -0.2) is 52.6 Å². The van der Waals surface area contributed by atoms with E-state index in [1.54, 1.807) is 7.05 Å². The van der Waals surface area contributed by atoms with Crippen LogP contribution in [0.2, 0.25) is 0 Å². The SMILES string of the molecule is COCCNS(=O)(=O)N(C)CCC(N)C(C)C. The fourth-order valence-corrected chi connectivity index (χ4v) is 2.07. The lowest BCUT2D eigenvalue weighted by atomic mass is 10.0. The van der Waals surface area contributed by atoms with Crippen molar-refractivity contribution in [2.45, 2.75) is 26.3 Å². The minimum absolute atomic E-state index is 0.0200. The molecule has 1 atom stereocenters. The highest BCUT2D eigenvalue weighted by Gasteiger charge is 2.18. The van der Waals surface area contributed by atoms with Crippen molar-refractivity contribution in [2.75, 3.05) is 33.9 Å². The van der Waals surface area contributed by atoms with E-state index in [0.717, 1.165) is 0 Å². The molecule has 0 amide bonds. The average molecular weight is 267 g/mol. The van der Waals surface area contributed by atoms with Crippen LogP contribution in [0.15, 0.2) is 0 Å². The number of methoxy groups -OCH3 is 1. The van der Waals surface area contributed by atoms with Crippen LogP contribution >= 0.6 is 0 Å². The smallest absolute Gasteiger partial charge is 0.279 e. The molecule has 0 saturated carbocycles. The van der Waals surface area contributed by atoms with Crippen molar-refractivity contribution in [1.29, 1.82) is 0 Å². The third-order valence-electron chi connectivity index (χ3n) is 2.63. The van der Waals surface area contributed by atoms with E-state index < -0.39 is 10.2 Å². The Labute approximate surface area is 105 Å². The zero-order chi connectivity index (χ0) is 13.5. The zero-order valence-corrected chi connectivity index (χ0v) is 12.0. The molecule has 104 valence electrons. The van der Waals surface area contributed by atoms with Crippen molar-refractivity contribution >= 4 is 10.2 Å². The van der Waals surface area contributed by atoms with Gasteiger partial charge in [0, 0.05) is 33.3 Å². The minimum Gasteiger partial charge on any atom is -0.383 e. The third kappa shape index (κ3) is 6.95. The molecule has 0 aliphatic carbocycles. The number of rotatable bonds is 9. The quantitative estimate of drug-likeness (QED) is 0.565. The molecule has 0 rings (SSSR count). The van der Waals surface area contributed by atoms with E-state index >= 15 is 0 Å². The van der Waals surface area contributed by atoms with Crippen molar-refractivity contribution in [3.8, 4) is 0 Å². The van der Waals surface area contributed by atoms with Crippen LogP contribution in [0.4, 0.5) is 0 Å². The van der Waals surface area contributed by atoms with Gasteiger partial charge in [-0.1, -0.05) is 13.8 Å². The maximum atomic E-state index is 11.7. The predicted octanol–water partition coefficient (Wildman–Crippen LogP) is -0.228. The van der Waals surface area contributed by atoms with E-state index in [-0.39, 0.29) is 12.6 Å². The zero-order valence-electron chi connectivity index (χ0n) is 11.1. The summed E-state index contributed by atoms with van der Waals surface area (Å²) in [5.41, 5.74) is 5.87. The summed E-state index contributed by atoms with van der Waals surface area (Å²) in [6, 6.07) is 0.0200. The Bertz CT molecular complexity index is 293. The molecule has 0 aliphatic heterocycles. The Hall–Kier alpha value is -0.210. The fourth-order valence-electron chi connectivity index (χ4n) is 1.17. The average Bonchev–Trinajstić information content (AvgIpc) is 2.25. The number of hydrogen-bond donors (Lipinski definition) is 2. The van der Waals surface area contributed by atoms with Crippen LogP contribution in [0.3, 0.4) is 0 Å². The van der Waals surface area contributed by atoms with Gasteiger partial charge in [-0.25, -0.2) is 0 Å². The highest BCUT2D eigenvalue weighted by Crippen LogP contribution is 2.05. The highest BCUT2D eigenvalue weighted by atomic mass is 32.2. The second-order valence-corrected chi connectivity index (χ2v) is 6.27. The largest absolute Gasteiger partial charge is 0.383 e. The molecule has 17 heavy (non-hydrogen) atoms. The Morgan fingerprint density at radius 2 is 2.00 bits per heavy atom. The Balaban J connectivity index is 4.07. The van der Waals surface area contributed by atoms with Gasteiger partial charge in [-0.15, -0.1) is 0 Å². The van der Waals surface area contributed by atoms with Gasteiger partial charge in [-0.3, -0.25) is 0 Å². The van der Waals surface area contributed by atoms with Gasteiger partial charge in [-0.2, -0.15) is 17.4 Å². The van der Waals surface area contributed by atoms with Crippen LogP contribution < -0.4 is 10.5 Å². The van der Waals surface area contributed by atoms with E-state index in [4.69, 9.17) is 10.5 Å². The molecule has 0 aromatic carbocycles. The maximum absolute atomic E-state index is 11.7. The highest BCUT2D eigenvalue weighted by molar-refractivity contribution is 7.87. The second kappa shape index (κ2) is 7.99. The Morgan fingerprint density at radius 3 is 2.47 bits per heavy atom. The first kappa shape index (κ1) is 16.8. The molecular weight excluding hydrogens is 242 g/mol. The molecule has 0 fully saturated rings. The van der Waals surface area contributed by atoms with Gasteiger partial charge in [0.05, 0.1) is 6.61 Å². The van der Waals surface area contributed by atoms with Crippen LogP contribution in [-0.2, 0) is 14.9 Å². The fraction of sp³-hybridized carbons (Fsp3) is 1.00. The van der Waals surface area contributed by atoms with Crippen LogP contribution in [0.5, 0.6) is 0 Å². The molecule has 6 nitrogen and oxygen atoms in total.